The molecular weight excluding hydrogens is 471 g/mol. The van der Waals surface area contributed by atoms with Crippen molar-refractivity contribution < 1.29 is 28.2 Å². The number of ether oxygens (including phenoxy) is 2. The summed E-state index contributed by atoms with van der Waals surface area (Å²) in [5.41, 5.74) is -0.502. The Hall–Kier alpha value is -3.37. The molecule has 0 bridgehead atoms. The molecule has 0 radical (unpaired) electrons. The fourth-order valence-electron chi connectivity index (χ4n) is 4.41. The van der Waals surface area contributed by atoms with Gasteiger partial charge >= 0.3 is 11.8 Å². The van der Waals surface area contributed by atoms with Crippen molar-refractivity contribution in [3.05, 3.63) is 28.4 Å². The number of imide groups is 1. The van der Waals surface area contributed by atoms with Gasteiger partial charge in [-0.25, -0.2) is 14.0 Å². The standard InChI is InChI=1S/C23H29FN4O6.C2H6/c1-23(2,3)34-22(32)27-11-9-13(10-12-27)33-19-14(24)5-6-15-18(19)26(4)21(31)28(15)16-7-8-17(29)25-20(16)30;1-2/h5-6,13,16H,7-12H2,1-4H3,(H,25,29,30);1-2H3. The summed E-state index contributed by atoms with van der Waals surface area (Å²) in [5.74, 6) is -1.65. The number of imidazole rings is 1. The number of hydrogen-bond acceptors (Lipinski definition) is 6. The molecule has 0 saturated carbocycles. The van der Waals surface area contributed by atoms with Crippen LogP contribution in [0.5, 0.6) is 5.75 Å². The SMILES string of the molecule is CC.Cn1c(=O)n(C2CCC(=O)NC2=O)c2ccc(F)c(OC3CCN(C(=O)OC(C)(C)C)CC3)c21. The van der Waals surface area contributed by atoms with Crippen molar-refractivity contribution in [2.75, 3.05) is 13.1 Å². The van der Waals surface area contributed by atoms with E-state index in [1.807, 2.05) is 13.8 Å². The fraction of sp³-hybridized carbons (Fsp3) is 0.600. The zero-order valence-electron chi connectivity index (χ0n) is 21.7. The maximum atomic E-state index is 14.9. The van der Waals surface area contributed by atoms with Gasteiger partial charge in [-0.2, -0.15) is 0 Å². The number of carbonyl (C=O) groups is 3. The summed E-state index contributed by atoms with van der Waals surface area (Å²) in [6, 6.07) is 1.77. The van der Waals surface area contributed by atoms with Crippen molar-refractivity contribution in [3.8, 4) is 5.75 Å². The van der Waals surface area contributed by atoms with Crippen LogP contribution in [0.2, 0.25) is 0 Å². The molecule has 1 aromatic carbocycles. The van der Waals surface area contributed by atoms with E-state index in [1.165, 1.54) is 28.3 Å². The maximum absolute atomic E-state index is 14.9. The first-order valence-corrected chi connectivity index (χ1v) is 12.3. The van der Waals surface area contributed by atoms with Crippen molar-refractivity contribution >= 4 is 28.9 Å². The minimum Gasteiger partial charge on any atom is -0.485 e. The van der Waals surface area contributed by atoms with Crippen LogP contribution in [0, 0.1) is 5.82 Å². The number of nitrogens with one attached hydrogen (secondary N) is 1. The molecule has 10 nitrogen and oxygen atoms in total. The summed E-state index contributed by atoms with van der Waals surface area (Å²) < 4.78 is 28.9. The van der Waals surface area contributed by atoms with Crippen LogP contribution >= 0.6 is 0 Å². The van der Waals surface area contributed by atoms with Gasteiger partial charge in [-0.1, -0.05) is 13.8 Å². The lowest BCUT2D eigenvalue weighted by atomic mass is 10.1. The largest absolute Gasteiger partial charge is 0.485 e. The highest BCUT2D eigenvalue weighted by atomic mass is 19.1. The Morgan fingerprint density at radius 2 is 1.72 bits per heavy atom. The van der Waals surface area contributed by atoms with Crippen molar-refractivity contribution in [2.24, 2.45) is 7.05 Å². The maximum Gasteiger partial charge on any atom is 0.410 e. The van der Waals surface area contributed by atoms with Gasteiger partial charge < -0.3 is 14.4 Å². The monoisotopic (exact) mass is 506 g/mol. The first kappa shape index (κ1) is 27.2. The van der Waals surface area contributed by atoms with Crippen molar-refractivity contribution in [1.29, 1.82) is 0 Å². The van der Waals surface area contributed by atoms with Crippen LogP contribution in [0.3, 0.4) is 0 Å². The van der Waals surface area contributed by atoms with Gasteiger partial charge in [0.15, 0.2) is 11.6 Å². The predicted molar refractivity (Wildman–Crippen MR) is 131 cm³/mol. The summed E-state index contributed by atoms with van der Waals surface area (Å²) in [5, 5.41) is 2.25. The van der Waals surface area contributed by atoms with E-state index in [-0.39, 0.29) is 36.1 Å². The minimum atomic E-state index is -0.871. The molecule has 2 saturated heterocycles. The van der Waals surface area contributed by atoms with Gasteiger partial charge in [-0.05, 0) is 39.3 Å². The summed E-state index contributed by atoms with van der Waals surface area (Å²) in [4.78, 5) is 50.9. The Morgan fingerprint density at radius 3 is 2.31 bits per heavy atom. The zero-order chi connectivity index (χ0) is 26.8. The third-order valence-electron chi connectivity index (χ3n) is 6.05. The van der Waals surface area contributed by atoms with E-state index in [9.17, 15) is 23.6 Å². The molecule has 2 aliphatic rings. The van der Waals surface area contributed by atoms with Crippen LogP contribution in [-0.4, -0.2) is 56.7 Å². The molecule has 2 aliphatic heterocycles. The molecule has 198 valence electrons. The molecule has 3 heterocycles. The Morgan fingerprint density at radius 1 is 1.08 bits per heavy atom. The molecule has 3 amide bonds. The lowest BCUT2D eigenvalue weighted by Crippen LogP contribution is -2.44. The number of carbonyl (C=O) groups excluding carboxylic acids is 3. The lowest BCUT2D eigenvalue weighted by Gasteiger charge is -2.33. The van der Waals surface area contributed by atoms with Gasteiger partial charge in [0.25, 0.3) is 0 Å². The number of fused-ring (bicyclic) bond motifs is 1. The summed E-state index contributed by atoms with van der Waals surface area (Å²) in [6.45, 7) is 10.2. The molecule has 1 aromatic heterocycles. The average molecular weight is 507 g/mol. The highest BCUT2D eigenvalue weighted by Gasteiger charge is 2.33. The predicted octanol–water partition coefficient (Wildman–Crippen LogP) is 3.26. The highest BCUT2D eigenvalue weighted by molar-refractivity contribution is 6.00. The Balaban J connectivity index is 0.00000176. The topological polar surface area (TPSA) is 112 Å². The van der Waals surface area contributed by atoms with E-state index in [0.29, 0.717) is 31.4 Å². The van der Waals surface area contributed by atoms with Gasteiger partial charge in [0.1, 0.15) is 23.3 Å². The average Bonchev–Trinajstić information content (AvgIpc) is 3.07. The highest BCUT2D eigenvalue weighted by Crippen LogP contribution is 2.33. The summed E-state index contributed by atoms with van der Waals surface area (Å²) >= 11 is 0. The number of aromatic nitrogens is 2. The number of hydrogen-bond donors (Lipinski definition) is 1. The minimum absolute atomic E-state index is 0.0705. The third kappa shape index (κ3) is 5.55. The van der Waals surface area contributed by atoms with Crippen LogP contribution in [0.1, 0.15) is 66.3 Å². The van der Waals surface area contributed by atoms with Gasteiger partial charge in [0, 0.05) is 39.4 Å². The molecular formula is C25H35FN4O6. The van der Waals surface area contributed by atoms with E-state index in [1.54, 1.807) is 25.7 Å². The number of likely N-dealkylation sites (tertiary alicyclic amines) is 1. The van der Waals surface area contributed by atoms with Crippen molar-refractivity contribution in [1.82, 2.24) is 19.4 Å². The van der Waals surface area contributed by atoms with Gasteiger partial charge in [-0.15, -0.1) is 0 Å². The molecule has 2 aromatic rings. The van der Waals surface area contributed by atoms with E-state index >= 15 is 0 Å². The van der Waals surface area contributed by atoms with Crippen LogP contribution in [-0.2, 0) is 21.4 Å². The number of aryl methyl sites for hydroxylation is 1. The van der Waals surface area contributed by atoms with E-state index in [4.69, 9.17) is 9.47 Å². The molecule has 4 rings (SSSR count). The third-order valence-corrected chi connectivity index (χ3v) is 6.05. The molecule has 1 atom stereocenters. The van der Waals surface area contributed by atoms with Gasteiger partial charge in [-0.3, -0.25) is 24.0 Å². The second kappa shape index (κ2) is 10.7. The van der Waals surface area contributed by atoms with Gasteiger partial charge in [0.05, 0.1) is 5.52 Å². The molecule has 0 spiro atoms. The lowest BCUT2D eigenvalue weighted by molar-refractivity contribution is -0.135. The molecule has 11 heteroatoms. The first-order valence-electron chi connectivity index (χ1n) is 12.3. The number of rotatable bonds is 3. The Labute approximate surface area is 209 Å². The number of benzene rings is 1. The quantitative estimate of drug-likeness (QED) is 0.640. The van der Waals surface area contributed by atoms with Crippen molar-refractivity contribution in [2.45, 2.75) is 78.0 Å². The normalized spacial score (nSPS) is 19.0. The molecule has 1 unspecified atom stereocenters. The van der Waals surface area contributed by atoms with Gasteiger partial charge in [0.2, 0.25) is 11.8 Å². The number of amides is 3. The smallest absolute Gasteiger partial charge is 0.410 e. The van der Waals surface area contributed by atoms with Crippen LogP contribution < -0.4 is 15.7 Å². The molecule has 2 fully saturated rings. The van der Waals surface area contributed by atoms with Crippen LogP contribution in [0.25, 0.3) is 11.0 Å². The number of nitrogens with zero attached hydrogens (tertiary/aromatic N) is 3. The van der Waals surface area contributed by atoms with E-state index in [0.717, 1.165) is 0 Å². The Kier molecular flexibility index (Phi) is 8.10. The Bertz CT molecular complexity index is 1200. The van der Waals surface area contributed by atoms with Crippen LogP contribution in [0.15, 0.2) is 16.9 Å². The fourth-order valence-corrected chi connectivity index (χ4v) is 4.41. The first-order chi connectivity index (χ1) is 17.0. The second-order valence-corrected chi connectivity index (χ2v) is 9.71. The van der Waals surface area contributed by atoms with Crippen molar-refractivity contribution in [3.63, 3.8) is 0 Å². The van der Waals surface area contributed by atoms with Crippen LogP contribution in [0.4, 0.5) is 9.18 Å². The molecule has 0 aliphatic carbocycles. The zero-order valence-corrected chi connectivity index (χ0v) is 21.7. The summed E-state index contributed by atoms with van der Waals surface area (Å²) in [6.07, 6.45) is 0.462. The van der Waals surface area contributed by atoms with E-state index < -0.39 is 35.2 Å². The second-order valence-electron chi connectivity index (χ2n) is 9.71. The molecule has 36 heavy (non-hydrogen) atoms. The number of halogens is 1. The van der Waals surface area contributed by atoms with E-state index in [2.05, 4.69) is 5.32 Å². The molecule has 1 N–H and O–H groups in total. The number of piperidine rings is 2. The summed E-state index contributed by atoms with van der Waals surface area (Å²) in [7, 11) is 1.49.